The molecule has 3 N–H and O–H groups in total. The summed E-state index contributed by atoms with van der Waals surface area (Å²) in [6.07, 6.45) is 2.35. The van der Waals surface area contributed by atoms with Crippen LogP contribution in [0.25, 0.3) is 11.5 Å². The lowest BCUT2D eigenvalue weighted by molar-refractivity contribution is 0.0783. The molecule has 2 heterocycles. The summed E-state index contributed by atoms with van der Waals surface area (Å²) in [5, 5.41) is 6.86. The molecule has 0 radical (unpaired) electrons. The summed E-state index contributed by atoms with van der Waals surface area (Å²) in [4.78, 5) is 13.9. The number of aromatic nitrogens is 2. The number of H-pyrrole nitrogens is 1. The minimum absolute atomic E-state index is 0.0955. The number of amides is 1. The lowest BCUT2D eigenvalue weighted by Crippen LogP contribution is -2.34. The Morgan fingerprint density at radius 3 is 2.90 bits per heavy atom. The van der Waals surface area contributed by atoms with E-state index in [0.717, 1.165) is 6.42 Å². The molecule has 0 fully saturated rings. The van der Waals surface area contributed by atoms with Crippen LogP contribution in [0.5, 0.6) is 0 Å². The van der Waals surface area contributed by atoms with Gasteiger partial charge in [0.05, 0.1) is 6.26 Å². The van der Waals surface area contributed by atoms with Gasteiger partial charge in [0, 0.05) is 25.7 Å². The predicted octanol–water partition coefficient (Wildman–Crippen LogP) is 2.12. The number of furan rings is 1. The highest BCUT2D eigenvalue weighted by Crippen LogP contribution is 2.18. The minimum Gasteiger partial charge on any atom is -0.463 e. The number of nitrogens with two attached hydrogens (primary N) is 1. The van der Waals surface area contributed by atoms with Crippen molar-refractivity contribution in [1.29, 1.82) is 0 Å². The molecule has 0 saturated carbocycles. The zero-order chi connectivity index (χ0) is 15.4. The highest BCUT2D eigenvalue weighted by Gasteiger charge is 2.18. The van der Waals surface area contributed by atoms with E-state index in [1.165, 1.54) is 0 Å². The Kier molecular flexibility index (Phi) is 4.80. The van der Waals surface area contributed by atoms with Gasteiger partial charge in [-0.05, 0) is 24.5 Å². The van der Waals surface area contributed by atoms with Gasteiger partial charge >= 0.3 is 0 Å². The van der Waals surface area contributed by atoms with Gasteiger partial charge in [-0.2, -0.15) is 5.10 Å². The van der Waals surface area contributed by atoms with Gasteiger partial charge in [-0.3, -0.25) is 9.89 Å². The van der Waals surface area contributed by atoms with E-state index in [4.69, 9.17) is 10.2 Å². The molecule has 0 aliphatic rings. The number of nitrogens with zero attached hydrogens (tertiary/aromatic N) is 2. The number of hydrogen-bond acceptors (Lipinski definition) is 4. The van der Waals surface area contributed by atoms with Crippen LogP contribution in [-0.4, -0.2) is 40.6 Å². The second-order valence-corrected chi connectivity index (χ2v) is 5.57. The van der Waals surface area contributed by atoms with E-state index in [0.29, 0.717) is 29.6 Å². The molecular weight excluding hydrogens is 268 g/mol. The third-order valence-corrected chi connectivity index (χ3v) is 3.58. The number of carbonyl (C=O) groups excluding carboxylic acids is 1. The quantitative estimate of drug-likeness (QED) is 0.853. The minimum atomic E-state index is -0.125. The Morgan fingerprint density at radius 2 is 2.29 bits per heavy atom. The molecule has 0 aliphatic carbocycles. The Balaban J connectivity index is 1.96. The molecule has 114 valence electrons. The second kappa shape index (κ2) is 6.58. The van der Waals surface area contributed by atoms with Gasteiger partial charge in [0.25, 0.3) is 5.91 Å². The molecule has 1 amide bonds. The maximum absolute atomic E-state index is 12.3. The summed E-state index contributed by atoms with van der Waals surface area (Å²) < 4.78 is 5.27. The average Bonchev–Trinajstić information content (AvgIpc) is 3.12. The average molecular weight is 290 g/mol. The molecule has 0 aliphatic heterocycles. The van der Waals surface area contributed by atoms with E-state index in [9.17, 15) is 4.79 Å². The van der Waals surface area contributed by atoms with Crippen molar-refractivity contribution in [3.63, 3.8) is 0 Å². The zero-order valence-electron chi connectivity index (χ0n) is 12.7. The van der Waals surface area contributed by atoms with Gasteiger partial charge in [-0.15, -0.1) is 0 Å². The van der Waals surface area contributed by atoms with E-state index in [2.05, 4.69) is 24.0 Å². The van der Waals surface area contributed by atoms with Crippen molar-refractivity contribution in [1.82, 2.24) is 15.1 Å². The zero-order valence-corrected chi connectivity index (χ0v) is 12.7. The van der Waals surface area contributed by atoms with Crippen LogP contribution in [0.2, 0.25) is 0 Å². The van der Waals surface area contributed by atoms with E-state index in [-0.39, 0.29) is 11.9 Å². The van der Waals surface area contributed by atoms with Crippen LogP contribution in [0.15, 0.2) is 28.9 Å². The first-order valence-corrected chi connectivity index (χ1v) is 7.09. The molecule has 0 bridgehead atoms. The lowest BCUT2D eigenvalue weighted by atomic mass is 10.0. The molecule has 21 heavy (non-hydrogen) atoms. The molecule has 6 nitrogen and oxygen atoms in total. The molecule has 0 saturated heterocycles. The van der Waals surface area contributed by atoms with Crippen molar-refractivity contribution >= 4 is 5.91 Å². The molecule has 6 heteroatoms. The largest absolute Gasteiger partial charge is 0.463 e. The summed E-state index contributed by atoms with van der Waals surface area (Å²) in [5.41, 5.74) is 7.07. The van der Waals surface area contributed by atoms with Gasteiger partial charge < -0.3 is 15.1 Å². The molecule has 0 spiro atoms. The Morgan fingerprint density at radius 1 is 1.52 bits per heavy atom. The van der Waals surface area contributed by atoms with Gasteiger partial charge in [0.15, 0.2) is 11.5 Å². The topological polar surface area (TPSA) is 88.1 Å². The van der Waals surface area contributed by atoms with Crippen LogP contribution in [0.4, 0.5) is 0 Å². The van der Waals surface area contributed by atoms with Crippen molar-refractivity contribution in [2.24, 2.45) is 11.7 Å². The van der Waals surface area contributed by atoms with Crippen molar-refractivity contribution in [3.8, 4) is 11.5 Å². The number of hydrogen-bond donors (Lipinski definition) is 2. The van der Waals surface area contributed by atoms with Crippen molar-refractivity contribution < 1.29 is 9.21 Å². The number of nitrogens with one attached hydrogen (secondary N) is 1. The maximum Gasteiger partial charge on any atom is 0.274 e. The van der Waals surface area contributed by atoms with Crippen molar-refractivity contribution in [3.05, 3.63) is 30.2 Å². The lowest BCUT2D eigenvalue weighted by Gasteiger charge is -2.20. The molecule has 2 rings (SSSR count). The van der Waals surface area contributed by atoms with Crippen LogP contribution in [0.1, 0.15) is 30.8 Å². The summed E-state index contributed by atoms with van der Waals surface area (Å²) in [7, 11) is 1.76. The molecular formula is C15H22N4O2. The standard InChI is InChI=1S/C15H22N4O2/c1-10(2)11(16)6-7-19(3)15(20)13-9-12(17-18-13)14-5-4-8-21-14/h4-5,8-11H,6-7,16H2,1-3H3,(H,17,18). The van der Waals surface area contributed by atoms with Gasteiger partial charge in [-0.1, -0.05) is 13.8 Å². The normalized spacial score (nSPS) is 12.6. The van der Waals surface area contributed by atoms with E-state index in [1.54, 1.807) is 30.3 Å². The van der Waals surface area contributed by atoms with Crippen molar-refractivity contribution in [2.75, 3.05) is 13.6 Å². The van der Waals surface area contributed by atoms with Gasteiger partial charge in [-0.25, -0.2) is 0 Å². The monoisotopic (exact) mass is 290 g/mol. The highest BCUT2D eigenvalue weighted by molar-refractivity contribution is 5.93. The predicted molar refractivity (Wildman–Crippen MR) is 80.7 cm³/mol. The van der Waals surface area contributed by atoms with E-state index < -0.39 is 0 Å². The second-order valence-electron chi connectivity index (χ2n) is 5.57. The Labute approximate surface area is 124 Å². The summed E-state index contributed by atoms with van der Waals surface area (Å²) in [5.74, 6) is 0.940. The van der Waals surface area contributed by atoms with Crippen LogP contribution in [0.3, 0.4) is 0 Å². The SMILES string of the molecule is CC(C)C(N)CCN(C)C(=O)c1cc(-c2ccco2)[nH]n1. The first-order valence-electron chi connectivity index (χ1n) is 7.09. The van der Waals surface area contributed by atoms with Crippen LogP contribution in [-0.2, 0) is 0 Å². The van der Waals surface area contributed by atoms with Gasteiger partial charge in [0.1, 0.15) is 5.69 Å². The first-order chi connectivity index (χ1) is 9.99. The smallest absolute Gasteiger partial charge is 0.274 e. The fraction of sp³-hybridized carbons (Fsp3) is 0.467. The van der Waals surface area contributed by atoms with E-state index >= 15 is 0 Å². The third-order valence-electron chi connectivity index (χ3n) is 3.58. The Hall–Kier alpha value is -2.08. The summed E-state index contributed by atoms with van der Waals surface area (Å²) >= 11 is 0. The van der Waals surface area contributed by atoms with Crippen LogP contribution >= 0.6 is 0 Å². The fourth-order valence-electron chi connectivity index (χ4n) is 1.96. The fourth-order valence-corrected chi connectivity index (χ4v) is 1.96. The van der Waals surface area contributed by atoms with Gasteiger partial charge in [0.2, 0.25) is 0 Å². The van der Waals surface area contributed by atoms with Crippen LogP contribution < -0.4 is 5.73 Å². The third kappa shape index (κ3) is 3.72. The van der Waals surface area contributed by atoms with E-state index in [1.807, 2.05) is 6.07 Å². The number of rotatable bonds is 6. The summed E-state index contributed by atoms with van der Waals surface area (Å²) in [6, 6.07) is 5.39. The molecule has 1 unspecified atom stereocenters. The Bertz CT molecular complexity index is 574. The molecule has 0 aromatic carbocycles. The first kappa shape index (κ1) is 15.3. The number of aromatic amines is 1. The maximum atomic E-state index is 12.3. The van der Waals surface area contributed by atoms with Crippen LogP contribution in [0, 0.1) is 5.92 Å². The molecule has 2 aromatic rings. The van der Waals surface area contributed by atoms with Crippen molar-refractivity contribution in [2.45, 2.75) is 26.3 Å². The highest BCUT2D eigenvalue weighted by atomic mass is 16.3. The molecule has 1 atom stereocenters. The molecule has 2 aromatic heterocycles. The number of carbonyl (C=O) groups is 1. The summed E-state index contributed by atoms with van der Waals surface area (Å²) in [6.45, 7) is 4.77.